The number of thioether (sulfide) groups is 1. The lowest BCUT2D eigenvalue weighted by molar-refractivity contribution is -0.119. The number of rotatable bonds is 7. The van der Waals surface area contributed by atoms with Crippen molar-refractivity contribution in [3.8, 4) is 0 Å². The zero-order valence-electron chi connectivity index (χ0n) is 16.9. The van der Waals surface area contributed by atoms with E-state index in [9.17, 15) is 9.59 Å². The van der Waals surface area contributed by atoms with Crippen LogP contribution >= 0.6 is 11.8 Å². The summed E-state index contributed by atoms with van der Waals surface area (Å²) in [7, 11) is 0. The average Bonchev–Trinajstić information content (AvgIpc) is 3.05. The highest BCUT2D eigenvalue weighted by atomic mass is 32.2. The van der Waals surface area contributed by atoms with Gasteiger partial charge in [0.05, 0.1) is 16.7 Å². The SMILES string of the molecule is CCCCCn1c(=O)c2ccccc2n2c(SCC(=O)NC(C)(C)C)nnc12. The highest BCUT2D eigenvalue weighted by Gasteiger charge is 2.19. The molecule has 0 atom stereocenters. The van der Waals surface area contributed by atoms with Crippen molar-refractivity contribution < 1.29 is 4.79 Å². The number of carbonyl (C=O) groups excluding carboxylic acids is 1. The second-order valence-electron chi connectivity index (χ2n) is 7.89. The third-order valence-electron chi connectivity index (χ3n) is 4.31. The lowest BCUT2D eigenvalue weighted by Gasteiger charge is -2.20. The van der Waals surface area contributed by atoms with Crippen LogP contribution in [0.3, 0.4) is 0 Å². The molecule has 7 nitrogen and oxygen atoms in total. The Bertz CT molecular complexity index is 1050. The predicted molar refractivity (Wildman–Crippen MR) is 113 cm³/mol. The van der Waals surface area contributed by atoms with Gasteiger partial charge in [-0.3, -0.25) is 18.6 Å². The van der Waals surface area contributed by atoms with Gasteiger partial charge in [0.25, 0.3) is 5.56 Å². The Morgan fingerprint density at radius 1 is 1.18 bits per heavy atom. The molecule has 0 saturated carbocycles. The summed E-state index contributed by atoms with van der Waals surface area (Å²) in [6.07, 6.45) is 3.04. The molecule has 1 aromatic carbocycles. The number of hydrogen-bond donors (Lipinski definition) is 1. The van der Waals surface area contributed by atoms with E-state index >= 15 is 0 Å². The summed E-state index contributed by atoms with van der Waals surface area (Å²) in [5.74, 6) is 0.704. The van der Waals surface area contributed by atoms with E-state index in [0.29, 0.717) is 22.9 Å². The molecule has 0 fully saturated rings. The molecule has 0 spiro atoms. The smallest absolute Gasteiger partial charge is 0.262 e. The molecular weight excluding hydrogens is 374 g/mol. The summed E-state index contributed by atoms with van der Waals surface area (Å²) in [5.41, 5.74) is 0.434. The van der Waals surface area contributed by atoms with E-state index in [1.54, 1.807) is 4.57 Å². The van der Waals surface area contributed by atoms with E-state index in [-0.39, 0.29) is 22.8 Å². The standard InChI is InChI=1S/C20H27N5O2S/c1-5-6-9-12-24-17(27)14-10-7-8-11-15(14)25-18(24)22-23-19(25)28-13-16(26)21-20(2,3)4/h7-8,10-11H,5-6,9,12-13H2,1-4H3,(H,21,26). The number of nitrogens with zero attached hydrogens (tertiary/aromatic N) is 4. The van der Waals surface area contributed by atoms with Crippen LogP contribution in [0.4, 0.5) is 0 Å². The number of nitrogens with one attached hydrogen (secondary N) is 1. The molecule has 1 amide bonds. The van der Waals surface area contributed by atoms with Crippen LogP contribution in [0.1, 0.15) is 47.0 Å². The maximum Gasteiger partial charge on any atom is 0.262 e. The van der Waals surface area contributed by atoms with Gasteiger partial charge in [0.15, 0.2) is 5.16 Å². The van der Waals surface area contributed by atoms with E-state index in [1.165, 1.54) is 11.8 Å². The molecule has 0 aliphatic rings. The topological polar surface area (TPSA) is 81.3 Å². The number of aromatic nitrogens is 4. The van der Waals surface area contributed by atoms with Crippen LogP contribution in [0.5, 0.6) is 0 Å². The summed E-state index contributed by atoms with van der Waals surface area (Å²) in [4.78, 5) is 25.2. The second-order valence-corrected chi connectivity index (χ2v) is 8.83. The lowest BCUT2D eigenvalue weighted by atomic mass is 10.1. The van der Waals surface area contributed by atoms with Crippen LogP contribution in [0.15, 0.2) is 34.2 Å². The van der Waals surface area contributed by atoms with Crippen LogP contribution < -0.4 is 10.9 Å². The van der Waals surface area contributed by atoms with Gasteiger partial charge in [-0.15, -0.1) is 10.2 Å². The molecule has 2 heterocycles. The van der Waals surface area contributed by atoms with Crippen LogP contribution in [-0.2, 0) is 11.3 Å². The molecule has 0 aliphatic heterocycles. The molecule has 0 aliphatic carbocycles. The minimum atomic E-state index is -0.281. The summed E-state index contributed by atoms with van der Waals surface area (Å²) < 4.78 is 3.59. The first kappa shape index (κ1) is 20.4. The fourth-order valence-electron chi connectivity index (χ4n) is 3.13. The number of amides is 1. The van der Waals surface area contributed by atoms with E-state index < -0.39 is 0 Å². The van der Waals surface area contributed by atoms with Crippen molar-refractivity contribution in [2.24, 2.45) is 0 Å². The molecule has 2 aromatic heterocycles. The van der Waals surface area contributed by atoms with Gasteiger partial charge in [0.2, 0.25) is 11.7 Å². The van der Waals surface area contributed by atoms with Crippen molar-refractivity contribution in [1.29, 1.82) is 0 Å². The van der Waals surface area contributed by atoms with Crippen LogP contribution in [0.25, 0.3) is 16.7 Å². The van der Waals surface area contributed by atoms with Crippen molar-refractivity contribution in [2.45, 2.75) is 64.2 Å². The third-order valence-corrected chi connectivity index (χ3v) is 5.24. The first-order chi connectivity index (χ1) is 13.3. The third kappa shape index (κ3) is 4.38. The first-order valence-electron chi connectivity index (χ1n) is 9.62. The molecule has 8 heteroatoms. The summed E-state index contributed by atoms with van der Waals surface area (Å²) in [6.45, 7) is 8.58. The van der Waals surface area contributed by atoms with Crippen molar-refractivity contribution in [2.75, 3.05) is 5.75 Å². The maximum absolute atomic E-state index is 13.0. The largest absolute Gasteiger partial charge is 0.351 e. The van der Waals surface area contributed by atoms with Crippen LogP contribution in [0.2, 0.25) is 0 Å². The Morgan fingerprint density at radius 2 is 1.93 bits per heavy atom. The number of para-hydroxylation sites is 1. The Kier molecular flexibility index (Phi) is 6.07. The molecule has 3 aromatic rings. The van der Waals surface area contributed by atoms with Gasteiger partial charge in [-0.25, -0.2) is 0 Å². The van der Waals surface area contributed by atoms with Gasteiger partial charge < -0.3 is 5.32 Å². The van der Waals surface area contributed by atoms with Crippen molar-refractivity contribution in [3.05, 3.63) is 34.6 Å². The van der Waals surface area contributed by atoms with Gasteiger partial charge in [-0.05, 0) is 39.3 Å². The molecule has 0 saturated heterocycles. The first-order valence-corrected chi connectivity index (χ1v) is 10.6. The number of unbranched alkanes of at least 4 members (excludes halogenated alkanes) is 2. The van der Waals surface area contributed by atoms with E-state index in [2.05, 4.69) is 22.4 Å². The Balaban J connectivity index is 2.01. The molecule has 0 bridgehead atoms. The number of fused-ring (bicyclic) bond motifs is 3. The van der Waals surface area contributed by atoms with Gasteiger partial charge in [-0.2, -0.15) is 0 Å². The van der Waals surface area contributed by atoms with Crippen molar-refractivity contribution in [3.63, 3.8) is 0 Å². The Labute approximate surface area is 168 Å². The van der Waals surface area contributed by atoms with Crippen molar-refractivity contribution in [1.82, 2.24) is 24.5 Å². The predicted octanol–water partition coefficient (Wildman–Crippen LogP) is 3.24. The minimum absolute atomic E-state index is 0.0476. The fourth-order valence-corrected chi connectivity index (χ4v) is 3.87. The van der Waals surface area contributed by atoms with E-state index in [4.69, 9.17) is 0 Å². The van der Waals surface area contributed by atoms with Crippen LogP contribution in [-0.4, -0.2) is 36.4 Å². The van der Waals surface area contributed by atoms with Crippen molar-refractivity contribution >= 4 is 34.3 Å². The van der Waals surface area contributed by atoms with Gasteiger partial charge in [-0.1, -0.05) is 43.7 Å². The summed E-state index contributed by atoms with van der Waals surface area (Å²) in [5, 5.41) is 12.8. The highest BCUT2D eigenvalue weighted by molar-refractivity contribution is 7.99. The summed E-state index contributed by atoms with van der Waals surface area (Å²) in [6, 6.07) is 7.47. The minimum Gasteiger partial charge on any atom is -0.351 e. The summed E-state index contributed by atoms with van der Waals surface area (Å²) >= 11 is 1.33. The molecule has 0 unspecified atom stereocenters. The molecular formula is C20H27N5O2S. The number of benzene rings is 1. The maximum atomic E-state index is 13.0. The lowest BCUT2D eigenvalue weighted by Crippen LogP contribution is -2.41. The van der Waals surface area contributed by atoms with Gasteiger partial charge in [0.1, 0.15) is 0 Å². The number of hydrogen-bond acceptors (Lipinski definition) is 5. The molecule has 28 heavy (non-hydrogen) atoms. The van der Waals surface area contributed by atoms with Gasteiger partial charge >= 0.3 is 0 Å². The normalized spacial score (nSPS) is 12.0. The second kappa shape index (κ2) is 8.34. The average molecular weight is 402 g/mol. The zero-order valence-corrected chi connectivity index (χ0v) is 17.7. The zero-order chi connectivity index (χ0) is 20.3. The highest BCUT2D eigenvalue weighted by Crippen LogP contribution is 2.22. The van der Waals surface area contributed by atoms with E-state index in [1.807, 2.05) is 49.4 Å². The molecule has 150 valence electrons. The van der Waals surface area contributed by atoms with Crippen LogP contribution in [0, 0.1) is 0 Å². The Hall–Kier alpha value is -2.35. The molecule has 0 radical (unpaired) electrons. The number of aryl methyl sites for hydroxylation is 1. The van der Waals surface area contributed by atoms with E-state index in [0.717, 1.165) is 24.8 Å². The Morgan fingerprint density at radius 3 is 2.64 bits per heavy atom. The number of carbonyl (C=O) groups is 1. The quantitative estimate of drug-likeness (QED) is 0.485. The fraction of sp³-hybridized carbons (Fsp3) is 0.500. The van der Waals surface area contributed by atoms with Gasteiger partial charge in [0, 0.05) is 12.1 Å². The molecule has 1 N–H and O–H groups in total. The molecule has 3 rings (SSSR count). The monoisotopic (exact) mass is 401 g/mol.